The van der Waals surface area contributed by atoms with Crippen LogP contribution in [0.1, 0.15) is 41.6 Å². The Morgan fingerprint density at radius 3 is 2.63 bits per heavy atom. The Morgan fingerprint density at radius 1 is 1.00 bits per heavy atom. The number of benzene rings is 1. The molecule has 1 aliphatic heterocycles. The van der Waals surface area contributed by atoms with Crippen molar-refractivity contribution in [1.82, 2.24) is 9.97 Å². The number of aromatic nitrogens is 2. The smallest absolute Gasteiger partial charge is 0.144 e. The lowest BCUT2D eigenvalue weighted by Gasteiger charge is -2.28. The molecule has 1 fully saturated rings. The maximum Gasteiger partial charge on any atom is 0.144 e. The van der Waals surface area contributed by atoms with Crippen molar-refractivity contribution < 1.29 is 5.11 Å². The van der Waals surface area contributed by atoms with Gasteiger partial charge in [-0.3, -0.25) is 0 Å². The number of fused-ring (bicyclic) bond motifs is 1. The largest absolute Gasteiger partial charge is 0.505 e. The summed E-state index contributed by atoms with van der Waals surface area (Å²) in [6.07, 6.45) is 9.69. The second-order valence-corrected chi connectivity index (χ2v) is 7.29. The van der Waals surface area contributed by atoms with E-state index in [1.165, 1.54) is 19.3 Å². The number of rotatable bonds is 3. The maximum absolute atomic E-state index is 10.4. The van der Waals surface area contributed by atoms with Crippen LogP contribution in [-0.2, 0) is 0 Å². The zero-order valence-electron chi connectivity index (χ0n) is 15.9. The predicted molar refractivity (Wildman–Crippen MR) is 112 cm³/mol. The Bertz CT molecular complexity index is 1000. The van der Waals surface area contributed by atoms with Crippen LogP contribution in [0.4, 0.5) is 5.82 Å². The highest BCUT2D eigenvalue weighted by molar-refractivity contribution is 5.89. The lowest BCUT2D eigenvalue weighted by atomic mass is 10.0. The molecule has 0 bridgehead atoms. The van der Waals surface area contributed by atoms with Crippen LogP contribution in [0.3, 0.4) is 0 Å². The minimum atomic E-state index is 0.265. The van der Waals surface area contributed by atoms with Gasteiger partial charge < -0.3 is 10.0 Å². The van der Waals surface area contributed by atoms with Gasteiger partial charge in [0.15, 0.2) is 0 Å². The Kier molecular flexibility index (Phi) is 4.80. The first-order valence-electron chi connectivity index (χ1n) is 9.61. The van der Waals surface area contributed by atoms with E-state index in [2.05, 4.69) is 27.0 Å². The van der Waals surface area contributed by atoms with Crippen LogP contribution in [0.25, 0.3) is 23.1 Å². The molecule has 0 radical (unpaired) electrons. The van der Waals surface area contributed by atoms with E-state index in [-0.39, 0.29) is 5.75 Å². The van der Waals surface area contributed by atoms with E-state index in [0.29, 0.717) is 5.52 Å². The van der Waals surface area contributed by atoms with Crippen molar-refractivity contribution in [3.05, 3.63) is 58.9 Å². The fraction of sp³-hybridized carbons (Fsp3) is 0.304. The second-order valence-electron chi connectivity index (χ2n) is 7.29. The molecule has 4 heteroatoms. The van der Waals surface area contributed by atoms with Gasteiger partial charge in [0.2, 0.25) is 0 Å². The van der Waals surface area contributed by atoms with E-state index in [1.54, 1.807) is 0 Å². The summed E-state index contributed by atoms with van der Waals surface area (Å²) >= 11 is 0. The van der Waals surface area contributed by atoms with E-state index in [4.69, 9.17) is 0 Å². The summed E-state index contributed by atoms with van der Waals surface area (Å²) in [4.78, 5) is 11.7. The summed E-state index contributed by atoms with van der Waals surface area (Å²) in [7, 11) is 0. The first kappa shape index (κ1) is 17.5. The van der Waals surface area contributed by atoms with Gasteiger partial charge in [0.05, 0.1) is 5.69 Å². The Balaban J connectivity index is 1.68. The van der Waals surface area contributed by atoms with Crippen molar-refractivity contribution in [3.63, 3.8) is 0 Å². The SMILES string of the molecule is Cc1cc(C)c2ccc(/C=C/c3cccnc3N3CCCCC3)nc2c1O. The summed E-state index contributed by atoms with van der Waals surface area (Å²) in [6, 6.07) is 10.1. The molecule has 1 aliphatic rings. The van der Waals surface area contributed by atoms with Gasteiger partial charge in [0.1, 0.15) is 17.1 Å². The highest BCUT2D eigenvalue weighted by Gasteiger charge is 2.14. The molecule has 3 heterocycles. The Labute approximate surface area is 160 Å². The molecule has 4 rings (SSSR count). The number of hydrogen-bond donors (Lipinski definition) is 1. The third-order valence-corrected chi connectivity index (χ3v) is 5.28. The topological polar surface area (TPSA) is 49.2 Å². The molecule has 0 spiro atoms. The van der Waals surface area contributed by atoms with Crippen molar-refractivity contribution in [2.45, 2.75) is 33.1 Å². The quantitative estimate of drug-likeness (QED) is 0.706. The molecule has 0 saturated carbocycles. The van der Waals surface area contributed by atoms with E-state index in [0.717, 1.165) is 46.7 Å². The molecule has 0 amide bonds. The second kappa shape index (κ2) is 7.39. The zero-order valence-corrected chi connectivity index (χ0v) is 15.9. The lowest BCUT2D eigenvalue weighted by Crippen LogP contribution is -2.30. The van der Waals surface area contributed by atoms with Crippen LogP contribution in [0, 0.1) is 13.8 Å². The number of anilines is 1. The van der Waals surface area contributed by atoms with E-state index < -0.39 is 0 Å². The van der Waals surface area contributed by atoms with Gasteiger partial charge in [-0.25, -0.2) is 9.97 Å². The van der Waals surface area contributed by atoms with Crippen LogP contribution < -0.4 is 4.90 Å². The number of phenols is 1. The average molecular weight is 359 g/mol. The fourth-order valence-corrected chi connectivity index (χ4v) is 3.81. The summed E-state index contributed by atoms with van der Waals surface area (Å²) < 4.78 is 0. The molecular weight excluding hydrogens is 334 g/mol. The first-order chi connectivity index (χ1) is 13.1. The van der Waals surface area contributed by atoms with Crippen LogP contribution in [0.5, 0.6) is 5.75 Å². The van der Waals surface area contributed by atoms with Crippen LogP contribution in [0.15, 0.2) is 36.5 Å². The number of pyridine rings is 2. The highest BCUT2D eigenvalue weighted by Crippen LogP contribution is 2.30. The molecule has 0 unspecified atom stereocenters. The van der Waals surface area contributed by atoms with E-state index in [9.17, 15) is 5.11 Å². The molecule has 138 valence electrons. The van der Waals surface area contributed by atoms with Gasteiger partial charge in [0.25, 0.3) is 0 Å². The lowest BCUT2D eigenvalue weighted by molar-refractivity contribution is 0.476. The third-order valence-electron chi connectivity index (χ3n) is 5.28. The van der Waals surface area contributed by atoms with Gasteiger partial charge in [-0.15, -0.1) is 0 Å². The molecule has 4 nitrogen and oxygen atoms in total. The van der Waals surface area contributed by atoms with Gasteiger partial charge >= 0.3 is 0 Å². The van der Waals surface area contributed by atoms with Gasteiger partial charge in [0, 0.05) is 30.2 Å². The van der Waals surface area contributed by atoms with Gasteiger partial charge in [-0.05, 0) is 74.6 Å². The van der Waals surface area contributed by atoms with Crippen molar-refractivity contribution >= 4 is 28.9 Å². The molecular formula is C23H25N3O. The Morgan fingerprint density at radius 2 is 1.81 bits per heavy atom. The number of phenolic OH excluding ortho intramolecular Hbond substituents is 1. The minimum absolute atomic E-state index is 0.265. The molecule has 3 aromatic rings. The highest BCUT2D eigenvalue weighted by atomic mass is 16.3. The maximum atomic E-state index is 10.4. The number of aromatic hydroxyl groups is 1. The molecule has 2 aromatic heterocycles. The molecule has 0 atom stereocenters. The molecule has 1 N–H and O–H groups in total. The van der Waals surface area contributed by atoms with Gasteiger partial charge in [-0.1, -0.05) is 12.1 Å². The minimum Gasteiger partial charge on any atom is -0.505 e. The van der Waals surface area contributed by atoms with Crippen LogP contribution in [0.2, 0.25) is 0 Å². The monoisotopic (exact) mass is 359 g/mol. The van der Waals surface area contributed by atoms with E-state index in [1.807, 2.05) is 50.4 Å². The average Bonchev–Trinajstić information content (AvgIpc) is 2.71. The molecule has 27 heavy (non-hydrogen) atoms. The van der Waals surface area contributed by atoms with Gasteiger partial charge in [-0.2, -0.15) is 0 Å². The van der Waals surface area contributed by atoms with Crippen molar-refractivity contribution in [2.75, 3.05) is 18.0 Å². The standard InChI is InChI=1S/C23H25N3O/c1-16-15-17(2)22(27)21-20(16)11-10-19(25-21)9-8-18-7-6-12-24-23(18)26-13-4-3-5-14-26/h6-12,15,27H,3-5,13-14H2,1-2H3/b9-8+. The van der Waals surface area contributed by atoms with Crippen molar-refractivity contribution in [1.29, 1.82) is 0 Å². The number of nitrogens with zero attached hydrogens (tertiary/aromatic N) is 3. The summed E-state index contributed by atoms with van der Waals surface area (Å²) in [5.74, 6) is 1.31. The zero-order chi connectivity index (χ0) is 18.8. The number of hydrogen-bond acceptors (Lipinski definition) is 4. The van der Waals surface area contributed by atoms with Crippen LogP contribution in [-0.4, -0.2) is 28.2 Å². The Hall–Kier alpha value is -2.88. The molecule has 0 aliphatic carbocycles. The number of piperidine rings is 1. The third kappa shape index (κ3) is 3.52. The first-order valence-corrected chi connectivity index (χ1v) is 9.61. The fourth-order valence-electron chi connectivity index (χ4n) is 3.81. The summed E-state index contributed by atoms with van der Waals surface area (Å²) in [5.41, 5.74) is 4.58. The summed E-state index contributed by atoms with van der Waals surface area (Å²) in [6.45, 7) is 6.09. The van der Waals surface area contributed by atoms with Crippen molar-refractivity contribution in [3.8, 4) is 5.75 Å². The molecule has 1 saturated heterocycles. The predicted octanol–water partition coefficient (Wildman–Crippen LogP) is 5.11. The summed E-state index contributed by atoms with van der Waals surface area (Å²) in [5, 5.41) is 11.4. The normalized spacial score (nSPS) is 15.0. The van der Waals surface area contributed by atoms with Crippen molar-refractivity contribution in [2.24, 2.45) is 0 Å². The molecule has 1 aromatic carbocycles. The number of aryl methyl sites for hydroxylation is 2. The van der Waals surface area contributed by atoms with Crippen LogP contribution >= 0.6 is 0 Å². The van der Waals surface area contributed by atoms with E-state index >= 15 is 0 Å².